The van der Waals surface area contributed by atoms with Gasteiger partial charge in [0.15, 0.2) is 0 Å². The van der Waals surface area contributed by atoms with Crippen LogP contribution in [0.3, 0.4) is 0 Å². The Hall–Kier alpha value is -4.17. The van der Waals surface area contributed by atoms with Crippen molar-refractivity contribution >= 4 is 28.9 Å². The summed E-state index contributed by atoms with van der Waals surface area (Å²) in [6, 6.07) is 9.26. The molecule has 4 rings (SSSR count). The molecule has 1 saturated heterocycles. The first-order valence-electron chi connectivity index (χ1n) is 11.4. The van der Waals surface area contributed by atoms with E-state index in [9.17, 15) is 14.9 Å². The van der Waals surface area contributed by atoms with E-state index >= 15 is 0 Å². The van der Waals surface area contributed by atoms with Gasteiger partial charge in [-0.2, -0.15) is 5.26 Å². The highest BCUT2D eigenvalue weighted by molar-refractivity contribution is 6.04. The number of amides is 2. The van der Waals surface area contributed by atoms with E-state index in [1.165, 1.54) is 6.33 Å². The number of rotatable bonds is 4. The molecular weight excluding hydrogens is 428 g/mol. The lowest BCUT2D eigenvalue weighted by molar-refractivity contribution is -0.135. The number of nitrogen functional groups attached to an aromatic ring is 1. The average Bonchev–Trinajstić information content (AvgIpc) is 3.33. The molecule has 0 spiro atoms. The molecule has 172 valence electrons. The van der Waals surface area contributed by atoms with E-state index in [1.54, 1.807) is 24.0 Å². The summed E-state index contributed by atoms with van der Waals surface area (Å²) in [4.78, 5) is 35.1. The molecule has 1 aliphatic carbocycles. The zero-order valence-electron chi connectivity index (χ0n) is 19.0. The minimum Gasteiger partial charge on any atom is -0.383 e. The van der Waals surface area contributed by atoms with E-state index in [1.807, 2.05) is 12.1 Å². The van der Waals surface area contributed by atoms with Crippen molar-refractivity contribution < 1.29 is 9.59 Å². The number of allylic oxidation sites excluding steroid dienone is 2. The van der Waals surface area contributed by atoms with Gasteiger partial charge in [-0.25, -0.2) is 9.97 Å². The monoisotopic (exact) mass is 454 g/mol. The molecule has 1 aromatic heterocycles. The number of benzene rings is 1. The Morgan fingerprint density at radius 3 is 2.68 bits per heavy atom. The van der Waals surface area contributed by atoms with Crippen LogP contribution in [0.1, 0.15) is 44.6 Å². The second kappa shape index (κ2) is 10.2. The highest BCUT2D eigenvalue weighted by Gasteiger charge is 2.34. The smallest absolute Gasteiger partial charge is 0.300 e. The second-order valence-electron chi connectivity index (χ2n) is 8.41. The van der Waals surface area contributed by atoms with Gasteiger partial charge in [0.05, 0.1) is 11.8 Å². The molecular formula is C26H26N6O2. The number of nitriles is 1. The minimum atomic E-state index is -0.367. The van der Waals surface area contributed by atoms with Crippen molar-refractivity contribution in [1.82, 2.24) is 14.9 Å². The number of hydrogen-bond acceptors (Lipinski definition) is 6. The van der Waals surface area contributed by atoms with Crippen LogP contribution in [-0.2, 0) is 9.59 Å². The fraction of sp³-hybridized carbons (Fsp3) is 0.346. The third-order valence-electron chi connectivity index (χ3n) is 6.30. The molecule has 0 bridgehead atoms. The van der Waals surface area contributed by atoms with Crippen molar-refractivity contribution in [2.75, 3.05) is 17.6 Å². The van der Waals surface area contributed by atoms with Gasteiger partial charge in [0.2, 0.25) is 5.91 Å². The van der Waals surface area contributed by atoms with Gasteiger partial charge in [0, 0.05) is 29.3 Å². The molecule has 2 aliphatic rings. The third-order valence-corrected chi connectivity index (χ3v) is 6.30. The van der Waals surface area contributed by atoms with E-state index in [-0.39, 0.29) is 23.8 Å². The van der Waals surface area contributed by atoms with Crippen LogP contribution in [0.25, 0.3) is 16.8 Å². The molecule has 1 aliphatic heterocycles. The van der Waals surface area contributed by atoms with Crippen LogP contribution in [0, 0.1) is 29.1 Å². The lowest BCUT2D eigenvalue weighted by Gasteiger charge is -2.28. The van der Waals surface area contributed by atoms with Gasteiger partial charge in [-0.3, -0.25) is 9.59 Å². The first-order chi connectivity index (χ1) is 16.5. The normalized spacial score (nSPS) is 19.4. The van der Waals surface area contributed by atoms with Crippen molar-refractivity contribution in [2.24, 2.45) is 5.92 Å². The Balaban J connectivity index is 1.55. The first kappa shape index (κ1) is 23.0. The third kappa shape index (κ3) is 4.77. The van der Waals surface area contributed by atoms with Crippen molar-refractivity contribution in [3.8, 4) is 29.2 Å². The molecule has 2 heterocycles. The predicted molar refractivity (Wildman–Crippen MR) is 130 cm³/mol. The summed E-state index contributed by atoms with van der Waals surface area (Å²) in [5.41, 5.74) is 10.3. The number of nitrogens with two attached hydrogens (primary N) is 1. The lowest BCUT2D eigenvalue weighted by Crippen LogP contribution is -2.39. The van der Waals surface area contributed by atoms with Gasteiger partial charge >= 0.3 is 0 Å². The molecule has 0 saturated carbocycles. The first-order valence-corrected chi connectivity index (χ1v) is 11.4. The van der Waals surface area contributed by atoms with E-state index in [0.29, 0.717) is 43.0 Å². The van der Waals surface area contributed by atoms with Crippen LogP contribution in [-0.4, -0.2) is 39.3 Å². The van der Waals surface area contributed by atoms with Gasteiger partial charge < -0.3 is 16.0 Å². The Morgan fingerprint density at radius 1 is 1.21 bits per heavy atom. The summed E-state index contributed by atoms with van der Waals surface area (Å²) in [5.74, 6) is 4.99. The summed E-state index contributed by atoms with van der Waals surface area (Å²) in [5, 5.41) is 12.0. The molecule has 1 fully saturated rings. The van der Waals surface area contributed by atoms with E-state index in [0.717, 1.165) is 29.5 Å². The Morgan fingerprint density at radius 2 is 2.00 bits per heavy atom. The molecule has 34 heavy (non-hydrogen) atoms. The predicted octanol–water partition coefficient (Wildman–Crippen LogP) is 3.39. The summed E-state index contributed by atoms with van der Waals surface area (Å²) in [6.07, 6.45) is 7.09. The minimum absolute atomic E-state index is 0.0715. The topological polar surface area (TPSA) is 125 Å². The fourth-order valence-electron chi connectivity index (χ4n) is 4.61. The number of aromatic nitrogens is 2. The van der Waals surface area contributed by atoms with Crippen molar-refractivity contribution in [1.29, 1.82) is 5.26 Å². The van der Waals surface area contributed by atoms with Crippen LogP contribution < -0.4 is 11.1 Å². The van der Waals surface area contributed by atoms with Gasteiger partial charge in [-0.15, -0.1) is 0 Å². The Labute approximate surface area is 198 Å². The Kier molecular flexibility index (Phi) is 6.89. The maximum atomic E-state index is 13.0. The molecule has 8 nitrogen and oxygen atoms in total. The van der Waals surface area contributed by atoms with Crippen molar-refractivity contribution in [3.05, 3.63) is 42.2 Å². The second-order valence-corrected chi connectivity index (χ2v) is 8.41. The SMILES string of the molecule is CC#CC(=O)Nc1ccc(-c2ncnc(N)c2C2=CCC(C(=O)N3CCCC3C#N)CC2)cc1. The van der Waals surface area contributed by atoms with Crippen molar-refractivity contribution in [3.63, 3.8) is 0 Å². The average molecular weight is 455 g/mol. The maximum Gasteiger partial charge on any atom is 0.300 e. The molecule has 1 aromatic carbocycles. The number of anilines is 2. The zero-order chi connectivity index (χ0) is 24.1. The maximum absolute atomic E-state index is 13.0. The molecule has 0 radical (unpaired) electrons. The van der Waals surface area contributed by atoms with Crippen molar-refractivity contribution in [2.45, 2.75) is 45.1 Å². The van der Waals surface area contributed by atoms with E-state index in [4.69, 9.17) is 5.73 Å². The highest BCUT2D eigenvalue weighted by atomic mass is 16.2. The molecule has 2 unspecified atom stereocenters. The van der Waals surface area contributed by atoms with E-state index in [2.05, 4.69) is 39.3 Å². The zero-order valence-corrected chi connectivity index (χ0v) is 19.0. The quantitative estimate of drug-likeness (QED) is 0.682. The van der Waals surface area contributed by atoms with Gasteiger partial charge in [0.1, 0.15) is 18.2 Å². The summed E-state index contributed by atoms with van der Waals surface area (Å²) in [6.45, 7) is 2.27. The van der Waals surface area contributed by atoms with Crippen LogP contribution >= 0.6 is 0 Å². The van der Waals surface area contributed by atoms with Crippen LogP contribution in [0.2, 0.25) is 0 Å². The number of carbonyl (C=O) groups excluding carboxylic acids is 2. The number of likely N-dealkylation sites (tertiary alicyclic amines) is 1. The number of nitrogens with one attached hydrogen (secondary N) is 1. The summed E-state index contributed by atoms with van der Waals surface area (Å²) >= 11 is 0. The molecule has 8 heteroatoms. The van der Waals surface area contributed by atoms with Crippen LogP contribution in [0.15, 0.2) is 36.7 Å². The fourth-order valence-corrected chi connectivity index (χ4v) is 4.61. The molecule has 2 amide bonds. The number of hydrogen-bond donors (Lipinski definition) is 2. The molecule has 3 N–H and O–H groups in total. The molecule has 2 aromatic rings. The largest absolute Gasteiger partial charge is 0.383 e. The summed E-state index contributed by atoms with van der Waals surface area (Å²) < 4.78 is 0. The highest BCUT2D eigenvalue weighted by Crippen LogP contribution is 2.38. The molecule has 2 atom stereocenters. The van der Waals surface area contributed by atoms with Crippen LogP contribution in [0.5, 0.6) is 0 Å². The number of nitrogens with zero attached hydrogens (tertiary/aromatic N) is 4. The van der Waals surface area contributed by atoms with Gasteiger partial charge in [0.25, 0.3) is 5.91 Å². The van der Waals surface area contributed by atoms with Gasteiger partial charge in [-0.05, 0) is 62.7 Å². The standard InChI is InChI=1S/C26H26N6O2/c1-2-4-22(33)31-20-12-10-18(11-13-20)24-23(25(28)30-16-29-24)17-6-8-19(9-7-17)26(34)32-14-3-5-21(32)15-27/h6,10-13,16,19,21H,3,5,7-9,14H2,1H3,(H,31,33)(H2,28,29,30). The van der Waals surface area contributed by atoms with Crippen LogP contribution in [0.4, 0.5) is 11.5 Å². The van der Waals surface area contributed by atoms with E-state index < -0.39 is 0 Å². The summed E-state index contributed by atoms with van der Waals surface area (Å²) in [7, 11) is 0. The van der Waals surface area contributed by atoms with Gasteiger partial charge in [-0.1, -0.05) is 24.1 Å². The Bertz CT molecular complexity index is 1230. The lowest BCUT2D eigenvalue weighted by atomic mass is 9.84. The number of carbonyl (C=O) groups is 2.